The minimum absolute atomic E-state index is 0.0248. The van der Waals surface area contributed by atoms with Gasteiger partial charge in [-0.1, -0.05) is 53.7 Å². The standard InChI is InChI=1S/C26H35BFNO2/c1-22(2)18-12-11-16(13-19(18)23(3,4)24(22,5)6)21-20(28)14-17(15-29-21)27-30-25(7,8)26(9,10)31-27/h11-15H,1-10H3. The molecule has 2 aliphatic rings. The van der Waals surface area contributed by atoms with Crippen LogP contribution in [0.15, 0.2) is 30.5 Å². The second-order valence-electron chi connectivity index (χ2n) is 11.8. The molecule has 4 rings (SSSR count). The van der Waals surface area contributed by atoms with Gasteiger partial charge < -0.3 is 9.31 Å². The van der Waals surface area contributed by atoms with Crippen LogP contribution in [0.4, 0.5) is 4.39 Å². The van der Waals surface area contributed by atoms with Crippen molar-refractivity contribution in [2.45, 2.75) is 91.3 Å². The average molecular weight is 423 g/mol. The second-order valence-corrected chi connectivity index (χ2v) is 11.8. The van der Waals surface area contributed by atoms with Crippen LogP contribution in [0.1, 0.15) is 80.4 Å². The van der Waals surface area contributed by atoms with E-state index in [4.69, 9.17) is 9.31 Å². The summed E-state index contributed by atoms with van der Waals surface area (Å²) in [6.07, 6.45) is 1.67. The van der Waals surface area contributed by atoms with Gasteiger partial charge in [-0.15, -0.1) is 0 Å². The van der Waals surface area contributed by atoms with E-state index >= 15 is 4.39 Å². The molecule has 2 aromatic rings. The Bertz CT molecular complexity index is 1040. The van der Waals surface area contributed by atoms with Crippen molar-refractivity contribution in [3.8, 4) is 11.3 Å². The van der Waals surface area contributed by atoms with E-state index in [1.807, 2.05) is 33.8 Å². The average Bonchev–Trinajstić information content (AvgIpc) is 2.93. The van der Waals surface area contributed by atoms with E-state index < -0.39 is 18.3 Å². The number of pyridine rings is 1. The van der Waals surface area contributed by atoms with Crippen LogP contribution in [0, 0.1) is 11.2 Å². The number of aromatic nitrogens is 1. The predicted octanol–water partition coefficient (Wildman–Crippen LogP) is 5.78. The van der Waals surface area contributed by atoms with E-state index in [9.17, 15) is 0 Å². The fourth-order valence-corrected chi connectivity index (χ4v) is 4.98. The van der Waals surface area contributed by atoms with Crippen LogP contribution in [-0.4, -0.2) is 23.3 Å². The Kier molecular flexibility index (Phi) is 4.65. The van der Waals surface area contributed by atoms with E-state index in [0.29, 0.717) is 11.2 Å². The Morgan fingerprint density at radius 3 is 1.87 bits per heavy atom. The lowest BCUT2D eigenvalue weighted by atomic mass is 9.59. The van der Waals surface area contributed by atoms with Crippen molar-refractivity contribution in [2.75, 3.05) is 0 Å². The molecule has 1 aliphatic heterocycles. The van der Waals surface area contributed by atoms with E-state index in [0.717, 1.165) is 5.56 Å². The monoisotopic (exact) mass is 423 g/mol. The van der Waals surface area contributed by atoms with Gasteiger partial charge in [0, 0.05) is 17.2 Å². The summed E-state index contributed by atoms with van der Waals surface area (Å²) >= 11 is 0. The molecule has 5 heteroatoms. The molecule has 0 spiro atoms. The van der Waals surface area contributed by atoms with Gasteiger partial charge in [-0.05, 0) is 67.2 Å². The second kappa shape index (κ2) is 6.42. The van der Waals surface area contributed by atoms with Crippen LogP contribution in [0.2, 0.25) is 0 Å². The summed E-state index contributed by atoms with van der Waals surface area (Å²) in [5.74, 6) is -0.360. The normalized spacial score (nSPS) is 24.3. The van der Waals surface area contributed by atoms with Crippen LogP contribution >= 0.6 is 0 Å². The highest BCUT2D eigenvalue weighted by molar-refractivity contribution is 6.62. The van der Waals surface area contributed by atoms with Crippen molar-refractivity contribution in [1.82, 2.24) is 4.98 Å². The van der Waals surface area contributed by atoms with Crippen LogP contribution in [0.5, 0.6) is 0 Å². The number of nitrogens with zero attached hydrogens (tertiary/aromatic N) is 1. The van der Waals surface area contributed by atoms with E-state index in [1.54, 1.807) is 6.20 Å². The van der Waals surface area contributed by atoms with Crippen molar-refractivity contribution in [2.24, 2.45) is 5.41 Å². The molecule has 2 heterocycles. The molecule has 3 nitrogen and oxygen atoms in total. The number of hydrogen-bond acceptors (Lipinski definition) is 3. The van der Waals surface area contributed by atoms with Gasteiger partial charge in [0.15, 0.2) is 0 Å². The third kappa shape index (κ3) is 2.96. The summed E-state index contributed by atoms with van der Waals surface area (Å²) in [4.78, 5) is 4.50. The quantitative estimate of drug-likeness (QED) is 0.574. The molecule has 1 saturated heterocycles. The molecular formula is C26H35BFNO2. The maximum absolute atomic E-state index is 15.2. The zero-order valence-electron chi connectivity index (χ0n) is 20.6. The van der Waals surface area contributed by atoms with Gasteiger partial charge in [-0.3, -0.25) is 4.98 Å². The Hall–Kier alpha value is -1.72. The maximum Gasteiger partial charge on any atom is 0.496 e. The molecule has 31 heavy (non-hydrogen) atoms. The molecule has 1 aliphatic carbocycles. The highest BCUT2D eigenvalue weighted by atomic mass is 19.1. The first-order valence-corrected chi connectivity index (χ1v) is 11.2. The Labute approximate surface area is 186 Å². The van der Waals surface area contributed by atoms with Gasteiger partial charge in [0.05, 0.1) is 11.2 Å². The van der Waals surface area contributed by atoms with Crippen LogP contribution in [0.25, 0.3) is 11.3 Å². The minimum atomic E-state index is -0.624. The van der Waals surface area contributed by atoms with Crippen molar-refractivity contribution in [3.63, 3.8) is 0 Å². The lowest BCUT2D eigenvalue weighted by molar-refractivity contribution is 0.00578. The zero-order chi connectivity index (χ0) is 23.2. The molecule has 166 valence electrons. The largest absolute Gasteiger partial charge is 0.496 e. The fourth-order valence-electron chi connectivity index (χ4n) is 4.98. The molecule has 1 fully saturated rings. The number of fused-ring (bicyclic) bond motifs is 1. The van der Waals surface area contributed by atoms with Gasteiger partial charge in [0.2, 0.25) is 0 Å². The minimum Gasteiger partial charge on any atom is -0.399 e. The third-order valence-electron chi connectivity index (χ3n) is 9.15. The lowest BCUT2D eigenvalue weighted by Gasteiger charge is -2.44. The third-order valence-corrected chi connectivity index (χ3v) is 9.15. The van der Waals surface area contributed by atoms with Crippen LogP contribution < -0.4 is 5.46 Å². The molecule has 0 N–H and O–H groups in total. The molecule has 0 unspecified atom stereocenters. The zero-order valence-corrected chi connectivity index (χ0v) is 20.6. The number of halogens is 1. The predicted molar refractivity (Wildman–Crippen MR) is 125 cm³/mol. The maximum atomic E-state index is 15.2. The number of rotatable bonds is 2. The Balaban J connectivity index is 1.72. The summed E-state index contributed by atoms with van der Waals surface area (Å²) in [6, 6.07) is 7.78. The first-order valence-electron chi connectivity index (χ1n) is 11.2. The number of hydrogen-bond donors (Lipinski definition) is 0. The fraction of sp³-hybridized carbons (Fsp3) is 0.577. The molecule has 1 aromatic heterocycles. The summed E-state index contributed by atoms with van der Waals surface area (Å²) < 4.78 is 27.4. The van der Waals surface area contributed by atoms with Crippen LogP contribution in [0.3, 0.4) is 0 Å². The Morgan fingerprint density at radius 1 is 0.774 bits per heavy atom. The first-order chi connectivity index (χ1) is 14.0. The van der Waals surface area contributed by atoms with Crippen molar-refractivity contribution >= 4 is 12.6 Å². The molecule has 0 saturated carbocycles. The molecule has 1 aromatic carbocycles. The molecular weight excluding hydrogens is 388 g/mol. The van der Waals surface area contributed by atoms with Gasteiger partial charge in [-0.2, -0.15) is 0 Å². The lowest BCUT2D eigenvalue weighted by Crippen LogP contribution is -2.42. The highest BCUT2D eigenvalue weighted by Crippen LogP contribution is 2.61. The van der Waals surface area contributed by atoms with Gasteiger partial charge >= 0.3 is 7.12 Å². The van der Waals surface area contributed by atoms with E-state index in [2.05, 4.69) is 58.7 Å². The highest BCUT2D eigenvalue weighted by Gasteiger charge is 2.57. The molecule has 0 amide bonds. The number of benzene rings is 1. The smallest absolute Gasteiger partial charge is 0.399 e. The van der Waals surface area contributed by atoms with Gasteiger partial charge in [0.1, 0.15) is 11.5 Å². The summed E-state index contributed by atoms with van der Waals surface area (Å²) in [5, 5.41) is 0. The topological polar surface area (TPSA) is 31.4 Å². The molecule has 0 bridgehead atoms. The van der Waals surface area contributed by atoms with Gasteiger partial charge in [0.25, 0.3) is 0 Å². The van der Waals surface area contributed by atoms with Crippen LogP contribution in [-0.2, 0) is 20.1 Å². The van der Waals surface area contributed by atoms with Crippen molar-refractivity contribution in [1.29, 1.82) is 0 Å². The Morgan fingerprint density at radius 2 is 1.32 bits per heavy atom. The first kappa shape index (κ1) is 22.5. The summed E-state index contributed by atoms with van der Waals surface area (Å²) in [5.41, 5.74) is 3.47. The summed E-state index contributed by atoms with van der Waals surface area (Å²) in [6.45, 7) is 21.8. The molecule has 0 radical (unpaired) electrons. The molecule has 0 atom stereocenters. The van der Waals surface area contributed by atoms with E-state index in [1.165, 1.54) is 17.2 Å². The van der Waals surface area contributed by atoms with E-state index in [-0.39, 0.29) is 22.1 Å². The van der Waals surface area contributed by atoms with Crippen molar-refractivity contribution < 1.29 is 13.7 Å². The summed E-state index contributed by atoms with van der Waals surface area (Å²) in [7, 11) is -0.624. The van der Waals surface area contributed by atoms with Gasteiger partial charge in [-0.25, -0.2) is 4.39 Å². The SMILES string of the molecule is CC1(C)OB(c2cnc(-c3ccc4c(c3)C(C)(C)C(C)(C)C4(C)C)c(F)c2)OC1(C)C. The van der Waals surface area contributed by atoms with Crippen molar-refractivity contribution in [3.05, 3.63) is 47.4 Å².